The second kappa shape index (κ2) is 6.00. The van der Waals surface area contributed by atoms with Crippen LogP contribution in [0, 0.1) is 5.92 Å². The Hall–Kier alpha value is -2.82. The van der Waals surface area contributed by atoms with Crippen molar-refractivity contribution in [3.05, 3.63) is 54.2 Å². The number of para-hydroxylation sites is 2. The van der Waals surface area contributed by atoms with Gasteiger partial charge in [0.2, 0.25) is 0 Å². The molecule has 3 aromatic rings. The molecule has 5 heteroatoms. The summed E-state index contributed by atoms with van der Waals surface area (Å²) in [5.74, 6) is 0.718. The minimum absolute atomic E-state index is 0.166. The summed E-state index contributed by atoms with van der Waals surface area (Å²) in [5.41, 5.74) is 8.58. The number of fused-ring (bicyclic) bond motifs is 1. The Labute approximate surface area is 140 Å². The molecule has 1 amide bonds. The maximum Gasteiger partial charge on any atom is 0.255 e. The number of carbonyl (C=O) groups is 1. The van der Waals surface area contributed by atoms with Gasteiger partial charge < -0.3 is 11.1 Å². The second-order valence-corrected chi connectivity index (χ2v) is 6.44. The Morgan fingerprint density at radius 1 is 1.25 bits per heavy atom. The van der Waals surface area contributed by atoms with Gasteiger partial charge in [0.25, 0.3) is 5.91 Å². The number of aromatic nitrogens is 2. The molecule has 0 bridgehead atoms. The monoisotopic (exact) mass is 320 g/mol. The van der Waals surface area contributed by atoms with Crippen LogP contribution in [0.25, 0.3) is 10.9 Å². The van der Waals surface area contributed by atoms with Crippen LogP contribution in [0.1, 0.15) is 29.6 Å². The molecule has 2 aromatic carbocycles. The number of rotatable bonds is 5. The zero-order valence-electron chi connectivity index (χ0n) is 13.4. The zero-order chi connectivity index (χ0) is 16.5. The van der Waals surface area contributed by atoms with Gasteiger partial charge in [-0.05, 0) is 42.7 Å². The SMILES string of the molecule is Nc1ccccc1NC(=O)c1ccc2nn(CCC3CC3)cc2c1. The molecule has 1 fully saturated rings. The number of benzene rings is 2. The summed E-state index contributed by atoms with van der Waals surface area (Å²) in [6.07, 6.45) is 5.92. The molecule has 1 heterocycles. The van der Waals surface area contributed by atoms with Crippen LogP contribution in [0.4, 0.5) is 11.4 Å². The normalized spacial score (nSPS) is 14.0. The van der Waals surface area contributed by atoms with Crippen molar-refractivity contribution in [1.82, 2.24) is 9.78 Å². The fraction of sp³-hybridized carbons (Fsp3) is 0.263. The van der Waals surface area contributed by atoms with Crippen molar-refractivity contribution in [3.63, 3.8) is 0 Å². The first-order valence-electron chi connectivity index (χ1n) is 8.32. The average molecular weight is 320 g/mol. The Kier molecular flexibility index (Phi) is 3.69. The number of anilines is 2. The molecular weight excluding hydrogens is 300 g/mol. The van der Waals surface area contributed by atoms with E-state index >= 15 is 0 Å². The van der Waals surface area contributed by atoms with E-state index in [0.29, 0.717) is 16.9 Å². The number of nitrogens with two attached hydrogens (primary N) is 1. The summed E-state index contributed by atoms with van der Waals surface area (Å²) in [6, 6.07) is 12.8. The Morgan fingerprint density at radius 3 is 2.88 bits per heavy atom. The van der Waals surface area contributed by atoms with Gasteiger partial charge in [-0.3, -0.25) is 9.48 Å². The van der Waals surface area contributed by atoms with E-state index in [2.05, 4.69) is 10.4 Å². The fourth-order valence-corrected chi connectivity index (χ4v) is 2.86. The Balaban J connectivity index is 1.52. The maximum atomic E-state index is 12.4. The number of nitrogens with one attached hydrogen (secondary N) is 1. The van der Waals surface area contributed by atoms with E-state index in [1.807, 2.05) is 35.1 Å². The summed E-state index contributed by atoms with van der Waals surface area (Å²) in [5, 5.41) is 8.42. The molecule has 1 saturated carbocycles. The zero-order valence-corrected chi connectivity index (χ0v) is 13.4. The molecule has 24 heavy (non-hydrogen) atoms. The quantitative estimate of drug-likeness (QED) is 0.704. The highest BCUT2D eigenvalue weighted by atomic mass is 16.1. The van der Waals surface area contributed by atoms with Gasteiger partial charge in [0.15, 0.2) is 0 Å². The summed E-state index contributed by atoms with van der Waals surface area (Å²) in [7, 11) is 0. The van der Waals surface area contributed by atoms with Crippen LogP contribution in [-0.4, -0.2) is 15.7 Å². The van der Waals surface area contributed by atoms with Crippen LogP contribution in [0.2, 0.25) is 0 Å². The molecule has 3 N–H and O–H groups in total. The standard InChI is InChI=1S/C19H20N4O/c20-16-3-1-2-4-18(16)21-19(24)14-7-8-17-15(11-14)12-23(22-17)10-9-13-5-6-13/h1-4,7-8,11-13H,5-6,9-10,20H2,(H,21,24). The van der Waals surface area contributed by atoms with Crippen LogP contribution in [0.3, 0.4) is 0 Å². The number of nitrogens with zero attached hydrogens (tertiary/aromatic N) is 2. The lowest BCUT2D eigenvalue weighted by Gasteiger charge is -2.07. The van der Waals surface area contributed by atoms with E-state index in [4.69, 9.17) is 5.73 Å². The number of carbonyl (C=O) groups excluding carboxylic acids is 1. The van der Waals surface area contributed by atoms with Gasteiger partial charge in [-0.15, -0.1) is 0 Å². The minimum atomic E-state index is -0.166. The van der Waals surface area contributed by atoms with Crippen LogP contribution in [-0.2, 0) is 6.54 Å². The van der Waals surface area contributed by atoms with Crippen molar-refractivity contribution < 1.29 is 4.79 Å². The Bertz CT molecular complexity index is 895. The first-order valence-corrected chi connectivity index (χ1v) is 8.32. The molecule has 0 atom stereocenters. The van der Waals surface area contributed by atoms with E-state index in [9.17, 15) is 4.79 Å². The van der Waals surface area contributed by atoms with Crippen molar-refractivity contribution in [1.29, 1.82) is 0 Å². The van der Waals surface area contributed by atoms with Gasteiger partial charge in [-0.25, -0.2) is 0 Å². The molecule has 1 aliphatic rings. The fourth-order valence-electron chi connectivity index (χ4n) is 2.86. The van der Waals surface area contributed by atoms with Crippen LogP contribution >= 0.6 is 0 Å². The predicted octanol–water partition coefficient (Wildman–Crippen LogP) is 3.67. The van der Waals surface area contributed by atoms with Crippen molar-refractivity contribution in [2.75, 3.05) is 11.1 Å². The lowest BCUT2D eigenvalue weighted by molar-refractivity contribution is 0.102. The van der Waals surface area contributed by atoms with Gasteiger partial charge in [0.05, 0.1) is 16.9 Å². The molecule has 4 rings (SSSR count). The van der Waals surface area contributed by atoms with Gasteiger partial charge in [-0.1, -0.05) is 25.0 Å². The van der Waals surface area contributed by atoms with Crippen molar-refractivity contribution in [3.8, 4) is 0 Å². The topological polar surface area (TPSA) is 72.9 Å². The molecule has 5 nitrogen and oxygen atoms in total. The summed E-state index contributed by atoms with van der Waals surface area (Å²) in [4.78, 5) is 12.4. The molecule has 0 unspecified atom stereocenters. The van der Waals surface area contributed by atoms with E-state index < -0.39 is 0 Å². The maximum absolute atomic E-state index is 12.4. The van der Waals surface area contributed by atoms with Gasteiger partial charge in [0.1, 0.15) is 0 Å². The molecule has 1 aliphatic carbocycles. The molecule has 0 radical (unpaired) electrons. The predicted molar refractivity (Wildman–Crippen MR) is 95.9 cm³/mol. The molecule has 0 saturated heterocycles. The molecular formula is C19H20N4O. The van der Waals surface area contributed by atoms with Crippen molar-refractivity contribution >= 4 is 28.2 Å². The molecule has 0 spiro atoms. The third kappa shape index (κ3) is 3.11. The van der Waals surface area contributed by atoms with E-state index in [1.165, 1.54) is 19.3 Å². The third-order valence-corrected chi connectivity index (χ3v) is 4.49. The summed E-state index contributed by atoms with van der Waals surface area (Å²) < 4.78 is 1.99. The second-order valence-electron chi connectivity index (χ2n) is 6.44. The highest BCUT2D eigenvalue weighted by Gasteiger charge is 2.20. The minimum Gasteiger partial charge on any atom is -0.397 e. The van der Waals surface area contributed by atoms with Gasteiger partial charge in [0, 0.05) is 23.7 Å². The highest BCUT2D eigenvalue weighted by Crippen LogP contribution is 2.32. The summed E-state index contributed by atoms with van der Waals surface area (Å²) >= 11 is 0. The van der Waals surface area contributed by atoms with E-state index in [-0.39, 0.29) is 5.91 Å². The summed E-state index contributed by atoms with van der Waals surface area (Å²) in [6.45, 7) is 0.946. The van der Waals surface area contributed by atoms with Crippen molar-refractivity contribution in [2.45, 2.75) is 25.8 Å². The number of hydrogen-bond acceptors (Lipinski definition) is 3. The molecule has 1 aromatic heterocycles. The van der Waals surface area contributed by atoms with Crippen LogP contribution in [0.15, 0.2) is 48.7 Å². The largest absolute Gasteiger partial charge is 0.397 e. The van der Waals surface area contributed by atoms with Gasteiger partial charge >= 0.3 is 0 Å². The number of hydrogen-bond donors (Lipinski definition) is 2. The van der Waals surface area contributed by atoms with Crippen LogP contribution < -0.4 is 11.1 Å². The third-order valence-electron chi connectivity index (χ3n) is 4.49. The number of nitrogen functional groups attached to an aromatic ring is 1. The lowest BCUT2D eigenvalue weighted by atomic mass is 10.1. The lowest BCUT2D eigenvalue weighted by Crippen LogP contribution is -2.12. The number of amides is 1. The van der Waals surface area contributed by atoms with Crippen LogP contribution in [0.5, 0.6) is 0 Å². The molecule has 0 aliphatic heterocycles. The molecule has 122 valence electrons. The van der Waals surface area contributed by atoms with Gasteiger partial charge in [-0.2, -0.15) is 5.10 Å². The average Bonchev–Trinajstić information content (AvgIpc) is 3.32. The Morgan fingerprint density at radius 2 is 2.08 bits per heavy atom. The van der Waals surface area contributed by atoms with Crippen molar-refractivity contribution in [2.24, 2.45) is 5.92 Å². The number of aryl methyl sites for hydroxylation is 1. The highest BCUT2D eigenvalue weighted by molar-refractivity contribution is 6.07. The van der Waals surface area contributed by atoms with E-state index in [1.54, 1.807) is 18.2 Å². The smallest absolute Gasteiger partial charge is 0.255 e. The van der Waals surface area contributed by atoms with E-state index in [0.717, 1.165) is 23.4 Å². The first-order chi connectivity index (χ1) is 11.7. The first kappa shape index (κ1) is 14.8.